The van der Waals surface area contributed by atoms with Crippen LogP contribution >= 0.6 is 15.9 Å². The van der Waals surface area contributed by atoms with Crippen molar-refractivity contribution < 1.29 is 19.4 Å². The first kappa shape index (κ1) is 13.8. The van der Waals surface area contributed by atoms with Gasteiger partial charge in [-0.3, -0.25) is 4.79 Å². The molecule has 1 aromatic rings. The molecule has 1 aromatic carbocycles. The van der Waals surface area contributed by atoms with Crippen LogP contribution in [-0.4, -0.2) is 24.8 Å². The van der Waals surface area contributed by atoms with Crippen LogP contribution in [-0.2, 0) is 11.2 Å². The largest absolute Gasteiger partial charge is 0.493 e. The minimum atomic E-state index is -0.874. The third kappa shape index (κ3) is 3.93. The second-order valence-corrected chi connectivity index (χ2v) is 4.38. The van der Waals surface area contributed by atoms with Crippen LogP contribution in [0.3, 0.4) is 0 Å². The summed E-state index contributed by atoms with van der Waals surface area (Å²) >= 11 is 3.36. The lowest BCUT2D eigenvalue weighted by Gasteiger charge is -2.13. The molecule has 0 saturated heterocycles. The van der Waals surface area contributed by atoms with E-state index in [0.29, 0.717) is 28.1 Å². The van der Waals surface area contributed by atoms with Crippen molar-refractivity contribution in [3.8, 4) is 11.5 Å². The molecule has 0 aliphatic carbocycles. The Morgan fingerprint density at radius 1 is 1.47 bits per heavy atom. The molecule has 0 bridgehead atoms. The van der Waals surface area contributed by atoms with Crippen molar-refractivity contribution >= 4 is 21.9 Å². The average Bonchev–Trinajstić information content (AvgIpc) is 2.26. The van der Waals surface area contributed by atoms with E-state index in [4.69, 9.17) is 14.6 Å². The second kappa shape index (κ2) is 6.49. The number of carboxylic acids is 1. The van der Waals surface area contributed by atoms with Crippen LogP contribution in [0.2, 0.25) is 0 Å². The molecule has 94 valence electrons. The Balaban J connectivity index is 3.02. The molecule has 5 heteroatoms. The third-order valence-electron chi connectivity index (χ3n) is 2.10. The van der Waals surface area contributed by atoms with Gasteiger partial charge in [-0.2, -0.15) is 0 Å². The molecule has 0 heterocycles. The number of hydrogen-bond acceptors (Lipinski definition) is 3. The van der Waals surface area contributed by atoms with Crippen LogP contribution < -0.4 is 9.47 Å². The normalized spacial score (nSPS) is 10.1. The summed E-state index contributed by atoms with van der Waals surface area (Å²) in [6.07, 6.45) is 0.857. The van der Waals surface area contributed by atoms with Crippen LogP contribution in [0.4, 0.5) is 0 Å². The summed E-state index contributed by atoms with van der Waals surface area (Å²) in [5.74, 6) is 0.286. The first-order valence-corrected chi connectivity index (χ1v) is 6.08. The van der Waals surface area contributed by atoms with Crippen molar-refractivity contribution in [2.24, 2.45) is 0 Å². The zero-order valence-electron chi connectivity index (χ0n) is 9.83. The van der Waals surface area contributed by atoms with Crippen LogP contribution in [0, 0.1) is 0 Å². The number of aliphatic carboxylic acids is 1. The van der Waals surface area contributed by atoms with E-state index in [1.54, 1.807) is 12.1 Å². The van der Waals surface area contributed by atoms with E-state index in [1.165, 1.54) is 7.11 Å². The van der Waals surface area contributed by atoms with Gasteiger partial charge < -0.3 is 14.6 Å². The van der Waals surface area contributed by atoms with Gasteiger partial charge in [-0.15, -0.1) is 0 Å². The molecule has 17 heavy (non-hydrogen) atoms. The lowest BCUT2D eigenvalue weighted by atomic mass is 10.1. The van der Waals surface area contributed by atoms with Crippen molar-refractivity contribution in [1.29, 1.82) is 0 Å². The Morgan fingerprint density at radius 3 is 2.71 bits per heavy atom. The number of rotatable bonds is 6. The van der Waals surface area contributed by atoms with Crippen molar-refractivity contribution in [3.05, 3.63) is 22.2 Å². The van der Waals surface area contributed by atoms with Crippen LogP contribution in [0.15, 0.2) is 16.6 Å². The smallest absolute Gasteiger partial charge is 0.307 e. The Labute approximate surface area is 109 Å². The van der Waals surface area contributed by atoms with Gasteiger partial charge in [0.2, 0.25) is 0 Å². The van der Waals surface area contributed by atoms with Gasteiger partial charge in [-0.1, -0.05) is 6.92 Å². The first-order valence-electron chi connectivity index (χ1n) is 5.29. The van der Waals surface area contributed by atoms with Crippen molar-refractivity contribution in [1.82, 2.24) is 0 Å². The molecule has 0 spiro atoms. The van der Waals surface area contributed by atoms with Crippen molar-refractivity contribution in [3.63, 3.8) is 0 Å². The molecule has 0 radical (unpaired) electrons. The van der Waals surface area contributed by atoms with Crippen LogP contribution in [0.25, 0.3) is 0 Å². The maximum Gasteiger partial charge on any atom is 0.307 e. The highest BCUT2D eigenvalue weighted by Gasteiger charge is 2.12. The summed E-state index contributed by atoms with van der Waals surface area (Å²) in [5, 5.41) is 8.74. The van der Waals surface area contributed by atoms with Gasteiger partial charge in [0.15, 0.2) is 11.5 Å². The fourth-order valence-corrected chi connectivity index (χ4v) is 2.00. The van der Waals surface area contributed by atoms with Crippen molar-refractivity contribution in [2.75, 3.05) is 13.7 Å². The fourth-order valence-electron chi connectivity index (χ4n) is 1.39. The monoisotopic (exact) mass is 302 g/mol. The Bertz CT molecular complexity index is 404. The molecule has 0 saturated carbocycles. The van der Waals surface area contributed by atoms with E-state index in [0.717, 1.165) is 6.42 Å². The molecule has 0 unspecified atom stereocenters. The molecule has 1 N–H and O–H groups in total. The second-order valence-electron chi connectivity index (χ2n) is 3.53. The van der Waals surface area contributed by atoms with Gasteiger partial charge in [0, 0.05) is 0 Å². The van der Waals surface area contributed by atoms with E-state index in [-0.39, 0.29) is 6.42 Å². The molecule has 0 fully saturated rings. The predicted octanol–water partition coefficient (Wildman–Crippen LogP) is 2.87. The molecule has 0 atom stereocenters. The number of benzene rings is 1. The summed E-state index contributed by atoms with van der Waals surface area (Å²) in [5.41, 5.74) is 0.671. The molecule has 0 aliphatic rings. The SMILES string of the molecule is CCCOc1c(Br)cc(CC(=O)O)cc1OC. The zero-order chi connectivity index (χ0) is 12.8. The van der Waals surface area contributed by atoms with E-state index in [1.807, 2.05) is 6.92 Å². The average molecular weight is 303 g/mol. The fraction of sp³-hybridized carbons (Fsp3) is 0.417. The molecule has 0 amide bonds. The van der Waals surface area contributed by atoms with Gasteiger partial charge in [-0.25, -0.2) is 0 Å². The minimum Gasteiger partial charge on any atom is -0.493 e. The Hall–Kier alpha value is -1.23. The van der Waals surface area contributed by atoms with Gasteiger partial charge in [0.05, 0.1) is 24.6 Å². The lowest BCUT2D eigenvalue weighted by molar-refractivity contribution is -0.136. The molecule has 1 rings (SSSR count). The summed E-state index contributed by atoms with van der Waals surface area (Å²) in [7, 11) is 1.53. The van der Waals surface area contributed by atoms with Crippen LogP contribution in [0.1, 0.15) is 18.9 Å². The summed E-state index contributed by atoms with van der Waals surface area (Å²) in [4.78, 5) is 10.6. The maximum atomic E-state index is 10.6. The number of carbonyl (C=O) groups is 1. The summed E-state index contributed by atoms with van der Waals surface area (Å²) in [6.45, 7) is 2.60. The lowest BCUT2D eigenvalue weighted by Crippen LogP contribution is -2.03. The first-order chi connectivity index (χ1) is 8.08. The third-order valence-corrected chi connectivity index (χ3v) is 2.68. The maximum absolute atomic E-state index is 10.6. The number of carboxylic acid groups (broad SMARTS) is 1. The Morgan fingerprint density at radius 2 is 2.18 bits per heavy atom. The van der Waals surface area contributed by atoms with E-state index in [2.05, 4.69) is 15.9 Å². The van der Waals surface area contributed by atoms with E-state index >= 15 is 0 Å². The molecule has 0 aromatic heterocycles. The molecular formula is C12H15BrO4. The molecule has 0 aliphatic heterocycles. The molecule has 4 nitrogen and oxygen atoms in total. The van der Waals surface area contributed by atoms with Gasteiger partial charge >= 0.3 is 5.97 Å². The number of methoxy groups -OCH3 is 1. The highest BCUT2D eigenvalue weighted by atomic mass is 79.9. The van der Waals surface area contributed by atoms with Gasteiger partial charge in [0.25, 0.3) is 0 Å². The zero-order valence-corrected chi connectivity index (χ0v) is 11.4. The van der Waals surface area contributed by atoms with E-state index in [9.17, 15) is 4.79 Å². The number of hydrogen-bond donors (Lipinski definition) is 1. The summed E-state index contributed by atoms with van der Waals surface area (Å²) in [6, 6.07) is 3.42. The predicted molar refractivity (Wildman–Crippen MR) is 67.8 cm³/mol. The summed E-state index contributed by atoms with van der Waals surface area (Å²) < 4.78 is 11.5. The number of halogens is 1. The van der Waals surface area contributed by atoms with Gasteiger partial charge in [-0.05, 0) is 40.0 Å². The van der Waals surface area contributed by atoms with Crippen molar-refractivity contribution in [2.45, 2.75) is 19.8 Å². The highest BCUT2D eigenvalue weighted by Crippen LogP contribution is 2.36. The van der Waals surface area contributed by atoms with Gasteiger partial charge in [0.1, 0.15) is 0 Å². The Kier molecular flexibility index (Phi) is 5.28. The number of ether oxygens (including phenoxy) is 2. The minimum absolute atomic E-state index is 0.0387. The molecular weight excluding hydrogens is 288 g/mol. The highest BCUT2D eigenvalue weighted by molar-refractivity contribution is 9.10. The standard InChI is InChI=1S/C12H15BrO4/c1-3-4-17-12-9(13)5-8(7-11(14)15)6-10(12)16-2/h5-6H,3-4,7H2,1-2H3,(H,14,15). The van der Waals surface area contributed by atoms with Crippen LogP contribution in [0.5, 0.6) is 11.5 Å². The van der Waals surface area contributed by atoms with E-state index < -0.39 is 5.97 Å². The quantitative estimate of drug-likeness (QED) is 0.878. The topological polar surface area (TPSA) is 55.8 Å².